The first-order valence-corrected chi connectivity index (χ1v) is 8.19. The third-order valence-corrected chi connectivity index (χ3v) is 4.36. The highest BCUT2D eigenvalue weighted by atomic mass is 19.1. The van der Waals surface area contributed by atoms with Gasteiger partial charge < -0.3 is 10.1 Å². The van der Waals surface area contributed by atoms with Crippen molar-refractivity contribution in [3.05, 3.63) is 69.8 Å². The van der Waals surface area contributed by atoms with Crippen molar-refractivity contribution in [1.29, 1.82) is 0 Å². The van der Waals surface area contributed by atoms with E-state index in [1.165, 1.54) is 31.2 Å². The van der Waals surface area contributed by atoms with Crippen LogP contribution in [0.4, 0.5) is 19.3 Å². The van der Waals surface area contributed by atoms with Gasteiger partial charge in [0.25, 0.3) is 11.6 Å². The minimum absolute atomic E-state index is 0.123. The summed E-state index contributed by atoms with van der Waals surface area (Å²) in [5, 5.41) is 13.2. The summed E-state index contributed by atoms with van der Waals surface area (Å²) in [7, 11) is 0. The zero-order valence-electron chi connectivity index (χ0n) is 14.6. The molecule has 1 unspecified atom stereocenters. The van der Waals surface area contributed by atoms with E-state index in [0.717, 1.165) is 17.0 Å². The first-order valence-electron chi connectivity index (χ1n) is 8.19. The third kappa shape index (κ3) is 3.48. The molecule has 146 valence electrons. The lowest BCUT2D eigenvalue weighted by molar-refractivity contribution is -0.384. The van der Waals surface area contributed by atoms with Crippen LogP contribution < -0.4 is 10.1 Å². The molecule has 1 aliphatic rings. The van der Waals surface area contributed by atoms with E-state index in [1.807, 2.05) is 0 Å². The van der Waals surface area contributed by atoms with Crippen LogP contribution in [0.15, 0.2) is 42.5 Å². The number of non-ortho nitro benzene ring substituents is 1. The molecule has 0 saturated carbocycles. The minimum Gasteiger partial charge on any atom is -0.491 e. The standard InChI is InChI=1S/C18H15F2N3O5/c1-18(14-6-5-11(19)9-15(14)20)16(24)22(17(25)21-18)7-8-28-13-4-2-3-12(10-13)23(26)27/h2-6,9-10H,7-8H2,1H3,(H,21,25). The van der Waals surface area contributed by atoms with Gasteiger partial charge in [0.15, 0.2) is 0 Å². The number of nitrogens with one attached hydrogen (secondary N) is 1. The summed E-state index contributed by atoms with van der Waals surface area (Å²) in [5.41, 5.74) is -2.00. The zero-order valence-corrected chi connectivity index (χ0v) is 14.6. The van der Waals surface area contributed by atoms with E-state index in [2.05, 4.69) is 5.32 Å². The van der Waals surface area contributed by atoms with Gasteiger partial charge in [-0.2, -0.15) is 0 Å². The second-order valence-electron chi connectivity index (χ2n) is 6.24. The van der Waals surface area contributed by atoms with Crippen LogP contribution in [-0.4, -0.2) is 34.9 Å². The second kappa shape index (κ2) is 7.22. The number of ether oxygens (including phenoxy) is 1. The fourth-order valence-electron chi connectivity index (χ4n) is 2.92. The van der Waals surface area contributed by atoms with Crippen LogP contribution >= 0.6 is 0 Å². The molecule has 1 atom stereocenters. The number of carbonyl (C=O) groups is 2. The summed E-state index contributed by atoms with van der Waals surface area (Å²) in [5.74, 6) is -2.27. The Balaban J connectivity index is 1.70. The highest BCUT2D eigenvalue weighted by Gasteiger charge is 2.50. The van der Waals surface area contributed by atoms with Crippen molar-refractivity contribution in [1.82, 2.24) is 10.2 Å². The van der Waals surface area contributed by atoms with Gasteiger partial charge in [0, 0.05) is 17.7 Å². The molecule has 0 radical (unpaired) electrons. The molecular weight excluding hydrogens is 376 g/mol. The van der Waals surface area contributed by atoms with Crippen LogP contribution in [-0.2, 0) is 10.3 Å². The number of hydrogen-bond acceptors (Lipinski definition) is 5. The van der Waals surface area contributed by atoms with Gasteiger partial charge in [-0.05, 0) is 19.1 Å². The Morgan fingerprint density at radius 1 is 1.21 bits per heavy atom. The lowest BCUT2D eigenvalue weighted by Crippen LogP contribution is -2.42. The minimum atomic E-state index is -1.68. The number of amides is 3. The highest BCUT2D eigenvalue weighted by molar-refractivity contribution is 6.07. The predicted octanol–water partition coefficient (Wildman–Crippen LogP) is 2.72. The smallest absolute Gasteiger partial charge is 0.325 e. The number of hydrogen-bond donors (Lipinski definition) is 1. The molecule has 3 rings (SSSR count). The Kier molecular flexibility index (Phi) is 4.95. The molecule has 28 heavy (non-hydrogen) atoms. The molecule has 3 amide bonds. The Bertz CT molecular complexity index is 968. The van der Waals surface area contributed by atoms with E-state index in [-0.39, 0.29) is 30.2 Å². The number of halogens is 2. The average molecular weight is 391 g/mol. The van der Waals surface area contributed by atoms with Crippen molar-refractivity contribution in [2.24, 2.45) is 0 Å². The van der Waals surface area contributed by atoms with E-state index >= 15 is 0 Å². The molecule has 1 aliphatic heterocycles. The van der Waals surface area contributed by atoms with E-state index in [1.54, 1.807) is 0 Å². The maximum Gasteiger partial charge on any atom is 0.325 e. The topological polar surface area (TPSA) is 102 Å². The Labute approximate surface area is 157 Å². The summed E-state index contributed by atoms with van der Waals surface area (Å²) >= 11 is 0. The molecule has 1 saturated heterocycles. The van der Waals surface area contributed by atoms with Crippen molar-refractivity contribution in [2.45, 2.75) is 12.5 Å². The normalized spacial score (nSPS) is 18.9. The van der Waals surface area contributed by atoms with Crippen LogP contribution in [0.1, 0.15) is 12.5 Å². The number of nitro groups is 1. The van der Waals surface area contributed by atoms with Crippen molar-refractivity contribution >= 4 is 17.6 Å². The van der Waals surface area contributed by atoms with E-state index < -0.39 is 34.0 Å². The summed E-state index contributed by atoms with van der Waals surface area (Å²) < 4.78 is 32.6. The molecule has 0 aromatic heterocycles. The molecule has 0 aliphatic carbocycles. The number of urea groups is 1. The molecule has 0 spiro atoms. The van der Waals surface area contributed by atoms with Gasteiger partial charge in [0.2, 0.25) is 0 Å². The molecule has 1 heterocycles. The molecule has 2 aromatic carbocycles. The Morgan fingerprint density at radius 2 is 1.96 bits per heavy atom. The number of nitrogens with zero attached hydrogens (tertiary/aromatic N) is 2. The van der Waals surface area contributed by atoms with Gasteiger partial charge in [-0.15, -0.1) is 0 Å². The molecule has 0 bridgehead atoms. The summed E-state index contributed by atoms with van der Waals surface area (Å²) in [6.07, 6.45) is 0. The van der Waals surface area contributed by atoms with Gasteiger partial charge in [-0.3, -0.25) is 19.8 Å². The van der Waals surface area contributed by atoms with Gasteiger partial charge in [-0.1, -0.05) is 12.1 Å². The summed E-state index contributed by atoms with van der Waals surface area (Å²) in [6.45, 7) is 1.04. The number of benzene rings is 2. The zero-order chi connectivity index (χ0) is 20.5. The first kappa shape index (κ1) is 19.2. The van der Waals surface area contributed by atoms with E-state index in [4.69, 9.17) is 4.74 Å². The maximum absolute atomic E-state index is 14.1. The lowest BCUT2D eigenvalue weighted by atomic mass is 9.91. The van der Waals surface area contributed by atoms with Crippen LogP contribution in [0.3, 0.4) is 0 Å². The Hall–Kier alpha value is -3.56. The quantitative estimate of drug-likeness (QED) is 0.463. The lowest BCUT2D eigenvalue weighted by Gasteiger charge is -2.22. The molecule has 8 nitrogen and oxygen atoms in total. The average Bonchev–Trinajstić information content (AvgIpc) is 2.85. The van der Waals surface area contributed by atoms with Crippen LogP contribution in [0.2, 0.25) is 0 Å². The maximum atomic E-state index is 14.1. The predicted molar refractivity (Wildman–Crippen MR) is 92.5 cm³/mol. The second-order valence-corrected chi connectivity index (χ2v) is 6.24. The SMILES string of the molecule is CC1(c2ccc(F)cc2F)NC(=O)N(CCOc2cccc([N+](=O)[O-])c2)C1=O. The molecule has 1 N–H and O–H groups in total. The van der Waals surface area contributed by atoms with E-state index in [0.29, 0.717) is 6.07 Å². The fourth-order valence-corrected chi connectivity index (χ4v) is 2.92. The van der Waals surface area contributed by atoms with Gasteiger partial charge in [0.1, 0.15) is 29.5 Å². The first-order chi connectivity index (χ1) is 13.2. The number of nitro benzene ring substituents is 1. The number of imide groups is 1. The number of carbonyl (C=O) groups excluding carboxylic acids is 2. The van der Waals surface area contributed by atoms with Crippen molar-refractivity contribution in [3.8, 4) is 5.75 Å². The molecular formula is C18H15F2N3O5. The van der Waals surface area contributed by atoms with Gasteiger partial charge in [0.05, 0.1) is 17.5 Å². The highest BCUT2D eigenvalue weighted by Crippen LogP contribution is 2.31. The van der Waals surface area contributed by atoms with Crippen molar-refractivity contribution < 1.29 is 28.0 Å². The molecule has 10 heteroatoms. The van der Waals surface area contributed by atoms with Crippen LogP contribution in [0.5, 0.6) is 5.75 Å². The van der Waals surface area contributed by atoms with E-state index in [9.17, 15) is 28.5 Å². The van der Waals surface area contributed by atoms with Gasteiger partial charge >= 0.3 is 6.03 Å². The van der Waals surface area contributed by atoms with Crippen molar-refractivity contribution in [3.63, 3.8) is 0 Å². The summed E-state index contributed by atoms with van der Waals surface area (Å²) in [4.78, 5) is 35.9. The number of rotatable bonds is 6. The van der Waals surface area contributed by atoms with Crippen molar-refractivity contribution in [2.75, 3.05) is 13.2 Å². The van der Waals surface area contributed by atoms with Gasteiger partial charge in [-0.25, -0.2) is 13.6 Å². The summed E-state index contributed by atoms with van der Waals surface area (Å²) in [6, 6.07) is 7.43. The van der Waals surface area contributed by atoms with Crippen LogP contribution in [0, 0.1) is 21.7 Å². The largest absolute Gasteiger partial charge is 0.491 e. The molecule has 1 fully saturated rings. The monoisotopic (exact) mass is 391 g/mol. The van der Waals surface area contributed by atoms with Crippen LogP contribution in [0.25, 0.3) is 0 Å². The Morgan fingerprint density at radius 3 is 2.64 bits per heavy atom. The third-order valence-electron chi connectivity index (χ3n) is 4.36. The molecule has 2 aromatic rings. The fraction of sp³-hybridized carbons (Fsp3) is 0.222.